The molecule has 0 radical (unpaired) electrons. The maximum atomic E-state index is 2.44. The van der Waals surface area contributed by atoms with Crippen LogP contribution >= 0.6 is 22.7 Å². The van der Waals surface area contributed by atoms with Gasteiger partial charge in [0.25, 0.3) is 0 Å². The highest BCUT2D eigenvalue weighted by atomic mass is 32.1. The van der Waals surface area contributed by atoms with Crippen LogP contribution in [0.1, 0.15) is 0 Å². The van der Waals surface area contributed by atoms with Gasteiger partial charge in [0.2, 0.25) is 0 Å². The highest BCUT2D eigenvalue weighted by Crippen LogP contribution is 2.48. The number of rotatable bonds is 3. The van der Waals surface area contributed by atoms with Gasteiger partial charge in [-0.25, -0.2) is 0 Å². The van der Waals surface area contributed by atoms with E-state index in [1.165, 1.54) is 96.0 Å². The summed E-state index contributed by atoms with van der Waals surface area (Å²) in [5, 5.41) is 14.1. The Hall–Kier alpha value is -5.28. The molecule has 10 rings (SSSR count). The Morgan fingerprint density at radius 2 is 0.978 bits per heavy atom. The standard InChI is InChI=1S/C44H26S2/c1-2-11-28(12-3-1)37-26-45-38-23-24-39-43(44(37)38)36-22-21-29(25-40(36)46-39)41-32-16-6-8-18-34(32)42(35-19-9-7-17-33(35)41)31-20-10-14-27-13-4-5-15-30(27)31/h1-26H. The van der Waals surface area contributed by atoms with E-state index < -0.39 is 0 Å². The van der Waals surface area contributed by atoms with Crippen LogP contribution in [0.25, 0.3) is 96.0 Å². The second-order valence-electron chi connectivity index (χ2n) is 12.0. The van der Waals surface area contributed by atoms with Crippen LogP contribution in [0.3, 0.4) is 0 Å². The van der Waals surface area contributed by atoms with Crippen LogP contribution in [-0.2, 0) is 0 Å². The lowest BCUT2D eigenvalue weighted by molar-refractivity contribution is 1.69. The van der Waals surface area contributed by atoms with Gasteiger partial charge in [-0.3, -0.25) is 0 Å². The Morgan fingerprint density at radius 1 is 0.348 bits per heavy atom. The van der Waals surface area contributed by atoms with E-state index in [2.05, 4.69) is 157 Å². The lowest BCUT2D eigenvalue weighted by Crippen LogP contribution is -1.91. The molecule has 0 amide bonds. The minimum atomic E-state index is 1.26. The van der Waals surface area contributed by atoms with Crippen molar-refractivity contribution in [3.05, 3.63) is 157 Å². The van der Waals surface area contributed by atoms with E-state index in [9.17, 15) is 0 Å². The van der Waals surface area contributed by atoms with E-state index in [-0.39, 0.29) is 0 Å². The zero-order chi connectivity index (χ0) is 30.2. The molecular weight excluding hydrogens is 593 g/mol. The molecule has 8 aromatic carbocycles. The fourth-order valence-electron chi connectivity index (χ4n) is 7.55. The maximum absolute atomic E-state index is 2.44. The Bertz CT molecular complexity index is 2740. The summed E-state index contributed by atoms with van der Waals surface area (Å²) in [6.45, 7) is 0. The van der Waals surface area contributed by atoms with Gasteiger partial charge in [0.1, 0.15) is 0 Å². The highest BCUT2D eigenvalue weighted by molar-refractivity contribution is 7.26. The van der Waals surface area contributed by atoms with E-state index >= 15 is 0 Å². The molecule has 0 unspecified atom stereocenters. The van der Waals surface area contributed by atoms with E-state index in [1.54, 1.807) is 0 Å². The van der Waals surface area contributed by atoms with E-state index in [0.717, 1.165) is 0 Å². The molecule has 2 heterocycles. The Morgan fingerprint density at radius 3 is 1.74 bits per heavy atom. The SMILES string of the molecule is c1ccc(-c2csc3ccc4sc5cc(-c6c7ccccc7c(-c7cccc8ccccc78)c7ccccc67)ccc5c4c23)cc1. The molecule has 0 aliphatic carbocycles. The minimum Gasteiger partial charge on any atom is -0.143 e. The number of hydrogen-bond acceptors (Lipinski definition) is 2. The molecule has 0 fully saturated rings. The fourth-order valence-corrected chi connectivity index (χ4v) is 9.68. The number of benzene rings is 8. The molecule has 0 spiro atoms. The first-order valence-electron chi connectivity index (χ1n) is 15.7. The Balaban J connectivity index is 1.26. The summed E-state index contributed by atoms with van der Waals surface area (Å²) in [6, 6.07) is 56.0. The largest absolute Gasteiger partial charge is 0.143 e. The van der Waals surface area contributed by atoms with Crippen molar-refractivity contribution in [2.24, 2.45) is 0 Å². The molecule has 0 aliphatic rings. The maximum Gasteiger partial charge on any atom is 0.0362 e. The van der Waals surface area contributed by atoms with Crippen molar-refractivity contribution >= 4 is 85.2 Å². The second-order valence-corrected chi connectivity index (χ2v) is 14.0. The quantitative estimate of drug-likeness (QED) is 0.173. The van der Waals surface area contributed by atoms with Crippen LogP contribution in [0.4, 0.5) is 0 Å². The van der Waals surface area contributed by atoms with Crippen molar-refractivity contribution in [1.29, 1.82) is 0 Å². The molecule has 214 valence electrons. The summed E-state index contributed by atoms with van der Waals surface area (Å²) >= 11 is 3.75. The fraction of sp³-hybridized carbons (Fsp3) is 0. The monoisotopic (exact) mass is 618 g/mol. The highest BCUT2D eigenvalue weighted by Gasteiger charge is 2.19. The molecule has 0 aliphatic heterocycles. The molecular formula is C44H26S2. The van der Waals surface area contributed by atoms with Crippen molar-refractivity contribution in [1.82, 2.24) is 0 Å². The average molecular weight is 619 g/mol. The van der Waals surface area contributed by atoms with Crippen molar-refractivity contribution in [3.8, 4) is 33.4 Å². The van der Waals surface area contributed by atoms with Crippen molar-refractivity contribution < 1.29 is 0 Å². The topological polar surface area (TPSA) is 0 Å². The van der Waals surface area contributed by atoms with Crippen molar-refractivity contribution in [3.63, 3.8) is 0 Å². The van der Waals surface area contributed by atoms with Gasteiger partial charge in [-0.05, 0) is 83.7 Å². The lowest BCUT2D eigenvalue weighted by Gasteiger charge is -2.18. The summed E-state index contributed by atoms with van der Waals surface area (Å²) < 4.78 is 4.02. The zero-order valence-electron chi connectivity index (χ0n) is 24.8. The van der Waals surface area contributed by atoms with Gasteiger partial charge in [0.15, 0.2) is 0 Å². The molecule has 2 heteroatoms. The van der Waals surface area contributed by atoms with E-state index in [0.29, 0.717) is 0 Å². The zero-order valence-corrected chi connectivity index (χ0v) is 26.5. The summed E-state index contributed by atoms with van der Waals surface area (Å²) in [6.07, 6.45) is 0. The molecule has 0 N–H and O–H groups in total. The molecule has 0 bridgehead atoms. The molecule has 10 aromatic rings. The second kappa shape index (κ2) is 10.1. The molecule has 46 heavy (non-hydrogen) atoms. The van der Waals surface area contributed by atoms with Gasteiger partial charge < -0.3 is 0 Å². The van der Waals surface area contributed by atoms with Gasteiger partial charge in [-0.1, -0.05) is 133 Å². The number of thiophene rings is 2. The molecule has 0 atom stereocenters. The first-order chi connectivity index (χ1) is 22.8. The van der Waals surface area contributed by atoms with E-state index in [1.807, 2.05) is 22.7 Å². The van der Waals surface area contributed by atoms with E-state index in [4.69, 9.17) is 0 Å². The van der Waals surface area contributed by atoms with Gasteiger partial charge in [0, 0.05) is 35.8 Å². The van der Waals surface area contributed by atoms with Gasteiger partial charge in [-0.2, -0.15) is 0 Å². The number of hydrogen-bond donors (Lipinski definition) is 0. The van der Waals surface area contributed by atoms with Crippen LogP contribution in [-0.4, -0.2) is 0 Å². The Labute approximate surface area is 274 Å². The summed E-state index contributed by atoms with van der Waals surface area (Å²) in [5.41, 5.74) is 7.77. The number of fused-ring (bicyclic) bond motifs is 8. The molecule has 0 saturated heterocycles. The van der Waals surface area contributed by atoms with Crippen molar-refractivity contribution in [2.75, 3.05) is 0 Å². The minimum absolute atomic E-state index is 1.26. The van der Waals surface area contributed by atoms with Crippen LogP contribution in [0.15, 0.2) is 157 Å². The summed E-state index contributed by atoms with van der Waals surface area (Å²) in [7, 11) is 0. The molecule has 2 aromatic heterocycles. The summed E-state index contributed by atoms with van der Waals surface area (Å²) in [5.74, 6) is 0. The van der Waals surface area contributed by atoms with Gasteiger partial charge in [-0.15, -0.1) is 22.7 Å². The van der Waals surface area contributed by atoms with Gasteiger partial charge in [0.05, 0.1) is 0 Å². The molecule has 0 saturated carbocycles. The molecule has 0 nitrogen and oxygen atoms in total. The third-order valence-electron chi connectivity index (χ3n) is 9.54. The first kappa shape index (κ1) is 26.0. The van der Waals surface area contributed by atoms with Gasteiger partial charge >= 0.3 is 0 Å². The van der Waals surface area contributed by atoms with Crippen LogP contribution in [0.2, 0.25) is 0 Å². The predicted octanol–water partition coefficient (Wildman–Crippen LogP) is 13.7. The third kappa shape index (κ3) is 3.78. The lowest BCUT2D eigenvalue weighted by atomic mass is 9.84. The van der Waals surface area contributed by atoms with Crippen molar-refractivity contribution in [2.45, 2.75) is 0 Å². The average Bonchev–Trinajstić information content (AvgIpc) is 3.72. The normalized spacial score (nSPS) is 11.9. The smallest absolute Gasteiger partial charge is 0.0362 e. The Kier molecular flexibility index (Phi) is 5.72. The predicted molar refractivity (Wildman–Crippen MR) is 204 cm³/mol. The van der Waals surface area contributed by atoms with Crippen LogP contribution < -0.4 is 0 Å². The summed E-state index contributed by atoms with van der Waals surface area (Å²) in [4.78, 5) is 0. The van der Waals surface area contributed by atoms with Crippen LogP contribution in [0, 0.1) is 0 Å². The third-order valence-corrected chi connectivity index (χ3v) is 11.6. The van der Waals surface area contributed by atoms with Crippen LogP contribution in [0.5, 0.6) is 0 Å². The first-order valence-corrected chi connectivity index (χ1v) is 17.4.